The van der Waals surface area contributed by atoms with E-state index in [0.29, 0.717) is 6.04 Å². The number of aromatic nitrogens is 4. The maximum Gasteiger partial charge on any atom is 0.225 e. The van der Waals surface area contributed by atoms with E-state index in [-0.39, 0.29) is 5.60 Å². The van der Waals surface area contributed by atoms with Crippen LogP contribution in [0.4, 0.5) is 11.8 Å². The van der Waals surface area contributed by atoms with Crippen LogP contribution in [0, 0.1) is 0 Å². The van der Waals surface area contributed by atoms with Gasteiger partial charge in [-0.15, -0.1) is 0 Å². The summed E-state index contributed by atoms with van der Waals surface area (Å²) in [7, 11) is 0. The lowest BCUT2D eigenvalue weighted by molar-refractivity contribution is -0.0149. The highest BCUT2D eigenvalue weighted by molar-refractivity contribution is 5.33. The van der Waals surface area contributed by atoms with Gasteiger partial charge in [0.05, 0.1) is 24.4 Å². The molecule has 0 bridgehead atoms. The summed E-state index contributed by atoms with van der Waals surface area (Å²) in [6.07, 6.45) is 11.7. The van der Waals surface area contributed by atoms with Crippen molar-refractivity contribution in [3.63, 3.8) is 0 Å². The summed E-state index contributed by atoms with van der Waals surface area (Å²) in [4.78, 5) is 19.3. The number of ether oxygens (including phenoxy) is 1. The summed E-state index contributed by atoms with van der Waals surface area (Å²) < 4.78 is 6.17. The molecule has 4 heterocycles. The van der Waals surface area contributed by atoms with E-state index in [1.807, 2.05) is 6.07 Å². The summed E-state index contributed by atoms with van der Waals surface area (Å²) in [5, 5.41) is 3.42. The fourth-order valence-electron chi connectivity index (χ4n) is 3.44. The predicted molar refractivity (Wildman–Crippen MR) is 86.2 cm³/mol. The van der Waals surface area contributed by atoms with Crippen LogP contribution in [-0.2, 0) is 4.74 Å². The molecule has 7 nitrogen and oxygen atoms in total. The molecule has 2 aromatic heterocycles. The molecule has 2 fully saturated rings. The second kappa shape index (κ2) is 6.08. The zero-order chi connectivity index (χ0) is 15.5. The number of rotatable bonds is 3. The third kappa shape index (κ3) is 3.10. The fraction of sp³-hybridized carbons (Fsp3) is 0.500. The Morgan fingerprint density at radius 3 is 2.65 bits per heavy atom. The Balaban J connectivity index is 1.35. The van der Waals surface area contributed by atoms with Crippen molar-refractivity contribution in [2.75, 3.05) is 29.9 Å². The lowest BCUT2D eigenvalue weighted by Gasteiger charge is -2.38. The van der Waals surface area contributed by atoms with Crippen LogP contribution in [0.25, 0.3) is 0 Å². The summed E-state index contributed by atoms with van der Waals surface area (Å²) in [5.74, 6) is 1.63. The molecule has 1 N–H and O–H groups in total. The highest BCUT2D eigenvalue weighted by Gasteiger charge is 2.43. The average molecular weight is 312 g/mol. The van der Waals surface area contributed by atoms with Crippen LogP contribution in [0.1, 0.15) is 19.3 Å². The van der Waals surface area contributed by atoms with Gasteiger partial charge < -0.3 is 15.0 Å². The summed E-state index contributed by atoms with van der Waals surface area (Å²) >= 11 is 0. The largest absolute Gasteiger partial charge is 0.373 e. The van der Waals surface area contributed by atoms with E-state index < -0.39 is 0 Å². The van der Waals surface area contributed by atoms with Crippen LogP contribution in [-0.4, -0.2) is 51.3 Å². The highest BCUT2D eigenvalue weighted by atomic mass is 16.5. The monoisotopic (exact) mass is 312 g/mol. The van der Waals surface area contributed by atoms with E-state index in [2.05, 4.69) is 30.2 Å². The van der Waals surface area contributed by atoms with Crippen molar-refractivity contribution in [1.29, 1.82) is 0 Å². The van der Waals surface area contributed by atoms with Crippen LogP contribution in [0.2, 0.25) is 0 Å². The number of nitrogens with one attached hydrogen (secondary N) is 1. The third-order valence-electron chi connectivity index (χ3n) is 4.63. The van der Waals surface area contributed by atoms with Gasteiger partial charge in [-0.1, -0.05) is 0 Å². The van der Waals surface area contributed by atoms with Gasteiger partial charge >= 0.3 is 0 Å². The normalized spacial score (nSPS) is 23.1. The van der Waals surface area contributed by atoms with Crippen LogP contribution in [0.5, 0.6) is 0 Å². The molecule has 1 spiro atoms. The van der Waals surface area contributed by atoms with Crippen LogP contribution in [0.3, 0.4) is 0 Å². The molecule has 0 radical (unpaired) electrons. The lowest BCUT2D eigenvalue weighted by Crippen LogP contribution is -2.45. The summed E-state index contributed by atoms with van der Waals surface area (Å²) in [6.45, 7) is 2.59. The van der Waals surface area contributed by atoms with Gasteiger partial charge in [0.1, 0.15) is 5.82 Å². The molecule has 2 aliphatic rings. The van der Waals surface area contributed by atoms with E-state index in [1.165, 1.54) is 0 Å². The molecule has 120 valence electrons. The fourth-order valence-corrected chi connectivity index (χ4v) is 3.44. The molecular weight excluding hydrogens is 292 g/mol. The molecule has 0 aliphatic carbocycles. The van der Waals surface area contributed by atoms with Crippen LogP contribution >= 0.6 is 0 Å². The quantitative estimate of drug-likeness (QED) is 0.920. The van der Waals surface area contributed by atoms with Gasteiger partial charge in [0.2, 0.25) is 5.95 Å². The Bertz CT molecular complexity index is 630. The molecule has 4 rings (SSSR count). The van der Waals surface area contributed by atoms with Crippen molar-refractivity contribution in [2.45, 2.75) is 30.9 Å². The van der Waals surface area contributed by atoms with Crippen molar-refractivity contribution < 1.29 is 4.74 Å². The molecule has 0 saturated carbocycles. The Labute approximate surface area is 135 Å². The topological polar surface area (TPSA) is 76.1 Å². The second-order valence-corrected chi connectivity index (χ2v) is 6.17. The number of piperidine rings is 1. The first kappa shape index (κ1) is 14.3. The summed E-state index contributed by atoms with van der Waals surface area (Å²) in [6, 6.07) is 2.14. The Kier molecular flexibility index (Phi) is 3.78. The van der Waals surface area contributed by atoms with Crippen molar-refractivity contribution in [3.8, 4) is 0 Å². The van der Waals surface area contributed by atoms with Gasteiger partial charge in [-0.3, -0.25) is 4.98 Å². The van der Waals surface area contributed by atoms with E-state index in [4.69, 9.17) is 4.74 Å². The SMILES string of the molecule is c1cnc(N2CCC3(CC2)C[C@@H](Nc2cnccn2)CO3)nc1. The maximum atomic E-state index is 6.17. The zero-order valence-electron chi connectivity index (χ0n) is 12.9. The summed E-state index contributed by atoms with van der Waals surface area (Å²) in [5.41, 5.74) is -0.0227. The molecular formula is C16H20N6O. The molecule has 2 saturated heterocycles. The average Bonchev–Trinajstić information content (AvgIpc) is 2.99. The molecule has 7 heteroatoms. The smallest absolute Gasteiger partial charge is 0.225 e. The molecule has 2 aliphatic heterocycles. The van der Waals surface area contributed by atoms with Gasteiger partial charge in [0, 0.05) is 37.9 Å². The zero-order valence-corrected chi connectivity index (χ0v) is 12.9. The maximum absolute atomic E-state index is 6.17. The Hall–Kier alpha value is -2.28. The van der Waals surface area contributed by atoms with Crippen molar-refractivity contribution in [3.05, 3.63) is 37.1 Å². The lowest BCUT2D eigenvalue weighted by atomic mass is 9.87. The minimum atomic E-state index is -0.0227. The van der Waals surface area contributed by atoms with E-state index in [1.54, 1.807) is 31.0 Å². The van der Waals surface area contributed by atoms with Crippen molar-refractivity contribution >= 4 is 11.8 Å². The predicted octanol–water partition coefficient (Wildman–Crippen LogP) is 1.51. The molecule has 23 heavy (non-hydrogen) atoms. The van der Waals surface area contributed by atoms with Gasteiger partial charge in [0.25, 0.3) is 0 Å². The van der Waals surface area contributed by atoms with Crippen LogP contribution in [0.15, 0.2) is 37.1 Å². The Morgan fingerprint density at radius 2 is 1.91 bits per heavy atom. The minimum absolute atomic E-state index is 0.0227. The third-order valence-corrected chi connectivity index (χ3v) is 4.63. The van der Waals surface area contributed by atoms with E-state index >= 15 is 0 Å². The second-order valence-electron chi connectivity index (χ2n) is 6.17. The first-order valence-electron chi connectivity index (χ1n) is 8.02. The number of nitrogens with zero attached hydrogens (tertiary/aromatic N) is 5. The highest BCUT2D eigenvalue weighted by Crippen LogP contribution is 2.37. The van der Waals surface area contributed by atoms with Gasteiger partial charge in [-0.25, -0.2) is 15.0 Å². The van der Waals surface area contributed by atoms with Crippen LogP contribution < -0.4 is 10.2 Å². The molecule has 0 unspecified atom stereocenters. The molecule has 1 atom stereocenters. The van der Waals surface area contributed by atoms with Crippen molar-refractivity contribution in [1.82, 2.24) is 19.9 Å². The molecule has 2 aromatic rings. The number of anilines is 2. The molecule has 0 aromatic carbocycles. The first-order valence-corrected chi connectivity index (χ1v) is 8.02. The van der Waals surface area contributed by atoms with Crippen molar-refractivity contribution in [2.24, 2.45) is 0 Å². The Morgan fingerprint density at radius 1 is 1.09 bits per heavy atom. The first-order chi connectivity index (χ1) is 11.3. The minimum Gasteiger partial charge on any atom is -0.373 e. The standard InChI is InChI=1S/C16H20N6O/c1-4-19-15(20-5-1)22-8-2-16(3-9-22)10-13(12-23-16)21-14-11-17-6-7-18-14/h1,4-7,11,13H,2-3,8-10,12H2,(H,18,21)/t13-/m1/s1. The van der Waals surface area contributed by atoms with Gasteiger partial charge in [-0.2, -0.15) is 0 Å². The van der Waals surface area contributed by atoms with Gasteiger partial charge in [-0.05, 0) is 25.3 Å². The van der Waals surface area contributed by atoms with E-state index in [9.17, 15) is 0 Å². The van der Waals surface area contributed by atoms with Gasteiger partial charge in [0.15, 0.2) is 0 Å². The number of hydrogen-bond acceptors (Lipinski definition) is 7. The molecule has 0 amide bonds. The van der Waals surface area contributed by atoms with E-state index in [0.717, 1.165) is 50.7 Å². The number of hydrogen-bond donors (Lipinski definition) is 1.